The standard InChI is InChI=1S/C18H21FN4O2/c1-12(24-3)11-23-8-7-20-18(23)17-14(10-21-22(17)2)13-5-6-16(25-4)15(19)9-13/h5-10,12H,11H2,1-4H3. The zero-order valence-corrected chi connectivity index (χ0v) is 14.7. The summed E-state index contributed by atoms with van der Waals surface area (Å²) in [6, 6.07) is 4.87. The van der Waals surface area contributed by atoms with Crippen molar-refractivity contribution in [2.24, 2.45) is 7.05 Å². The average Bonchev–Trinajstić information content (AvgIpc) is 3.20. The van der Waals surface area contributed by atoms with Gasteiger partial charge in [0.05, 0.1) is 26.0 Å². The Morgan fingerprint density at radius 3 is 2.76 bits per heavy atom. The van der Waals surface area contributed by atoms with Gasteiger partial charge in [0.1, 0.15) is 5.69 Å². The van der Waals surface area contributed by atoms with Crippen LogP contribution in [0.25, 0.3) is 22.6 Å². The van der Waals surface area contributed by atoms with E-state index in [1.165, 1.54) is 13.2 Å². The molecule has 2 heterocycles. The van der Waals surface area contributed by atoms with E-state index in [-0.39, 0.29) is 11.9 Å². The molecular formula is C18H21FN4O2. The van der Waals surface area contributed by atoms with Crippen LogP contribution >= 0.6 is 0 Å². The van der Waals surface area contributed by atoms with Gasteiger partial charge in [-0.3, -0.25) is 4.68 Å². The molecule has 0 amide bonds. The van der Waals surface area contributed by atoms with Crippen molar-refractivity contribution in [3.8, 4) is 28.4 Å². The predicted octanol–water partition coefficient (Wildman–Crippen LogP) is 3.13. The highest BCUT2D eigenvalue weighted by atomic mass is 19.1. The largest absolute Gasteiger partial charge is 0.494 e. The molecule has 3 rings (SSSR count). The molecular weight excluding hydrogens is 323 g/mol. The monoisotopic (exact) mass is 344 g/mol. The zero-order chi connectivity index (χ0) is 18.0. The van der Waals surface area contributed by atoms with Crippen molar-refractivity contribution in [1.29, 1.82) is 0 Å². The Morgan fingerprint density at radius 2 is 2.08 bits per heavy atom. The van der Waals surface area contributed by atoms with Crippen LogP contribution in [-0.4, -0.2) is 39.7 Å². The van der Waals surface area contributed by atoms with Crippen LogP contribution in [0, 0.1) is 5.82 Å². The topological polar surface area (TPSA) is 54.1 Å². The highest BCUT2D eigenvalue weighted by molar-refractivity contribution is 5.78. The minimum atomic E-state index is -0.411. The van der Waals surface area contributed by atoms with Crippen molar-refractivity contribution in [3.05, 3.63) is 42.6 Å². The fourth-order valence-electron chi connectivity index (χ4n) is 2.77. The molecule has 1 aromatic carbocycles. The summed E-state index contributed by atoms with van der Waals surface area (Å²) in [6.45, 7) is 2.65. The second-order valence-electron chi connectivity index (χ2n) is 5.83. The van der Waals surface area contributed by atoms with Crippen molar-refractivity contribution < 1.29 is 13.9 Å². The Balaban J connectivity index is 2.07. The van der Waals surface area contributed by atoms with E-state index in [9.17, 15) is 4.39 Å². The summed E-state index contributed by atoms with van der Waals surface area (Å²) >= 11 is 0. The summed E-state index contributed by atoms with van der Waals surface area (Å²) in [4.78, 5) is 4.48. The second kappa shape index (κ2) is 7.06. The molecule has 1 unspecified atom stereocenters. The van der Waals surface area contributed by atoms with Crippen LogP contribution in [0.2, 0.25) is 0 Å². The second-order valence-corrected chi connectivity index (χ2v) is 5.83. The Labute approximate surface area is 145 Å². The summed E-state index contributed by atoms with van der Waals surface area (Å²) in [7, 11) is 4.97. The lowest BCUT2D eigenvalue weighted by Gasteiger charge is -2.14. The molecule has 0 fully saturated rings. The third kappa shape index (κ3) is 3.28. The quantitative estimate of drug-likeness (QED) is 0.689. The van der Waals surface area contributed by atoms with E-state index in [0.29, 0.717) is 6.54 Å². The van der Waals surface area contributed by atoms with E-state index < -0.39 is 5.82 Å². The first kappa shape index (κ1) is 17.2. The molecule has 0 saturated carbocycles. The van der Waals surface area contributed by atoms with Gasteiger partial charge in [-0.05, 0) is 24.6 Å². The number of rotatable bonds is 6. The molecule has 2 aromatic heterocycles. The SMILES string of the molecule is COc1ccc(-c2cnn(C)c2-c2nccn2CC(C)OC)cc1F. The van der Waals surface area contributed by atoms with Crippen molar-refractivity contribution in [3.63, 3.8) is 0 Å². The molecule has 132 valence electrons. The highest BCUT2D eigenvalue weighted by Crippen LogP contribution is 2.33. The Morgan fingerprint density at radius 1 is 1.28 bits per heavy atom. The third-order valence-corrected chi connectivity index (χ3v) is 4.19. The van der Waals surface area contributed by atoms with Gasteiger partial charge in [-0.2, -0.15) is 5.10 Å². The molecule has 6 nitrogen and oxygen atoms in total. The molecule has 0 aliphatic carbocycles. The van der Waals surface area contributed by atoms with Gasteiger partial charge in [-0.15, -0.1) is 0 Å². The van der Waals surface area contributed by atoms with Crippen LogP contribution in [0.1, 0.15) is 6.92 Å². The fourth-order valence-corrected chi connectivity index (χ4v) is 2.77. The number of methoxy groups -OCH3 is 2. The molecule has 0 bridgehead atoms. The Bertz CT molecular complexity index is 872. The number of hydrogen-bond acceptors (Lipinski definition) is 4. The lowest BCUT2D eigenvalue weighted by molar-refractivity contribution is 0.103. The number of benzene rings is 1. The molecule has 0 spiro atoms. The third-order valence-electron chi connectivity index (χ3n) is 4.19. The van der Waals surface area contributed by atoms with E-state index in [2.05, 4.69) is 10.1 Å². The van der Waals surface area contributed by atoms with Gasteiger partial charge in [-0.1, -0.05) is 6.07 Å². The van der Waals surface area contributed by atoms with Gasteiger partial charge in [0.2, 0.25) is 0 Å². The summed E-state index contributed by atoms with van der Waals surface area (Å²) in [5, 5.41) is 4.34. The molecule has 25 heavy (non-hydrogen) atoms. The maximum absolute atomic E-state index is 14.1. The summed E-state index contributed by atoms with van der Waals surface area (Å²) < 4.78 is 28.2. The van der Waals surface area contributed by atoms with E-state index in [0.717, 1.165) is 22.6 Å². The molecule has 3 aromatic rings. The van der Waals surface area contributed by atoms with Crippen LogP contribution in [-0.2, 0) is 18.3 Å². The van der Waals surface area contributed by atoms with Crippen molar-refractivity contribution in [2.45, 2.75) is 19.6 Å². The molecule has 0 aliphatic heterocycles. The minimum Gasteiger partial charge on any atom is -0.494 e. The number of aryl methyl sites for hydroxylation is 1. The first-order chi connectivity index (χ1) is 12.0. The van der Waals surface area contributed by atoms with Crippen molar-refractivity contribution in [2.75, 3.05) is 14.2 Å². The lowest BCUT2D eigenvalue weighted by atomic mass is 10.1. The van der Waals surface area contributed by atoms with E-state index >= 15 is 0 Å². The van der Waals surface area contributed by atoms with Gasteiger partial charge in [0.15, 0.2) is 17.4 Å². The average molecular weight is 344 g/mol. The number of aromatic nitrogens is 4. The van der Waals surface area contributed by atoms with Crippen molar-refractivity contribution >= 4 is 0 Å². The smallest absolute Gasteiger partial charge is 0.165 e. The Kier molecular flexibility index (Phi) is 4.85. The highest BCUT2D eigenvalue weighted by Gasteiger charge is 2.19. The zero-order valence-electron chi connectivity index (χ0n) is 14.7. The molecule has 0 N–H and O–H groups in total. The maximum Gasteiger partial charge on any atom is 0.165 e. The Hall–Kier alpha value is -2.67. The minimum absolute atomic E-state index is 0.0445. The molecule has 0 aliphatic rings. The summed E-state index contributed by atoms with van der Waals surface area (Å²) in [5.41, 5.74) is 2.34. The first-order valence-corrected chi connectivity index (χ1v) is 7.95. The van der Waals surface area contributed by atoms with Crippen LogP contribution < -0.4 is 4.74 Å². The van der Waals surface area contributed by atoms with Crippen LogP contribution in [0.5, 0.6) is 5.75 Å². The van der Waals surface area contributed by atoms with E-state index in [1.807, 2.05) is 30.8 Å². The summed E-state index contributed by atoms with van der Waals surface area (Å²) in [6.07, 6.45) is 5.40. The predicted molar refractivity (Wildman–Crippen MR) is 92.8 cm³/mol. The van der Waals surface area contributed by atoms with Crippen LogP contribution in [0.15, 0.2) is 36.8 Å². The fraction of sp³-hybridized carbons (Fsp3) is 0.333. The molecule has 1 atom stereocenters. The van der Waals surface area contributed by atoms with Gasteiger partial charge in [0, 0.05) is 32.1 Å². The van der Waals surface area contributed by atoms with Gasteiger partial charge in [0.25, 0.3) is 0 Å². The van der Waals surface area contributed by atoms with Gasteiger partial charge in [-0.25, -0.2) is 9.37 Å². The molecule has 0 saturated heterocycles. The van der Waals surface area contributed by atoms with Gasteiger partial charge >= 0.3 is 0 Å². The van der Waals surface area contributed by atoms with E-state index in [1.54, 1.807) is 30.3 Å². The number of halogens is 1. The van der Waals surface area contributed by atoms with Crippen LogP contribution in [0.3, 0.4) is 0 Å². The van der Waals surface area contributed by atoms with Crippen LogP contribution in [0.4, 0.5) is 4.39 Å². The number of imidazole rings is 1. The molecule has 7 heteroatoms. The normalized spacial score (nSPS) is 12.4. The maximum atomic E-state index is 14.1. The summed E-state index contributed by atoms with van der Waals surface area (Å²) in [5.74, 6) is 0.561. The lowest BCUT2D eigenvalue weighted by Crippen LogP contribution is -2.15. The van der Waals surface area contributed by atoms with Crippen molar-refractivity contribution in [1.82, 2.24) is 19.3 Å². The number of hydrogen-bond donors (Lipinski definition) is 0. The number of ether oxygens (including phenoxy) is 2. The number of nitrogens with zero attached hydrogens (tertiary/aromatic N) is 4. The van der Waals surface area contributed by atoms with Gasteiger partial charge < -0.3 is 14.0 Å². The first-order valence-electron chi connectivity index (χ1n) is 7.95. The molecule has 0 radical (unpaired) electrons. The van der Waals surface area contributed by atoms with E-state index in [4.69, 9.17) is 9.47 Å².